The Morgan fingerprint density at radius 2 is 2.07 bits per heavy atom. The number of halogens is 1. The van der Waals surface area contributed by atoms with E-state index in [-0.39, 0.29) is 0 Å². The van der Waals surface area contributed by atoms with E-state index < -0.39 is 0 Å². The summed E-state index contributed by atoms with van der Waals surface area (Å²) < 4.78 is 1.34. The maximum atomic E-state index is 2.42. The van der Waals surface area contributed by atoms with Crippen LogP contribution in [0.5, 0.6) is 0 Å². The van der Waals surface area contributed by atoms with Crippen LogP contribution in [0.1, 0.15) is 25.3 Å². The Morgan fingerprint density at radius 3 is 2.79 bits per heavy atom. The number of nitrogens with zero attached hydrogens (tertiary/aromatic N) is 1. The Kier molecular flexibility index (Phi) is 2.81. The fraction of sp³-hybridized carbons (Fsp3) is 0.333. The van der Waals surface area contributed by atoms with Crippen LogP contribution >= 0.6 is 22.6 Å². The molecule has 2 heteroatoms. The Labute approximate surface area is 98.9 Å². The van der Waals surface area contributed by atoms with Crippen molar-refractivity contribution in [2.75, 3.05) is 11.4 Å². The van der Waals surface area contributed by atoms with Gasteiger partial charge in [0.05, 0.1) is 3.70 Å². The zero-order valence-corrected chi connectivity index (χ0v) is 10.7. The van der Waals surface area contributed by atoms with Crippen LogP contribution in [-0.2, 0) is 0 Å². The van der Waals surface area contributed by atoms with Gasteiger partial charge in [0.1, 0.15) is 0 Å². The van der Waals surface area contributed by atoms with Gasteiger partial charge in [-0.3, -0.25) is 0 Å². The Balaban J connectivity index is 2.52. The molecule has 2 rings (SSSR count). The van der Waals surface area contributed by atoms with Crippen molar-refractivity contribution in [2.45, 2.75) is 19.8 Å². The molecule has 0 spiro atoms. The first-order valence-electron chi connectivity index (χ1n) is 4.97. The highest BCUT2D eigenvalue weighted by Crippen LogP contribution is 2.37. The fourth-order valence-corrected chi connectivity index (χ4v) is 3.08. The molecule has 0 aliphatic carbocycles. The van der Waals surface area contributed by atoms with E-state index >= 15 is 0 Å². The highest BCUT2D eigenvalue weighted by atomic mass is 127. The number of hydrogen-bond donors (Lipinski definition) is 0. The van der Waals surface area contributed by atoms with Crippen molar-refractivity contribution < 1.29 is 0 Å². The van der Waals surface area contributed by atoms with E-state index in [1.165, 1.54) is 15.0 Å². The summed E-state index contributed by atoms with van der Waals surface area (Å²) in [6, 6.07) is 8.67. The molecule has 74 valence electrons. The maximum absolute atomic E-state index is 2.42. The van der Waals surface area contributed by atoms with E-state index in [2.05, 4.69) is 71.7 Å². The molecule has 1 aromatic carbocycles. The summed E-state index contributed by atoms with van der Waals surface area (Å²) in [5.74, 6) is 0.542. The van der Waals surface area contributed by atoms with Crippen LogP contribution in [0.25, 0.3) is 0 Å². The SMILES string of the molecule is CCN1C(I)=CC(C)c2ccccc21. The average Bonchev–Trinajstić information content (AvgIpc) is 2.18. The van der Waals surface area contributed by atoms with E-state index in [0.717, 1.165) is 6.54 Å². The second-order valence-corrected chi connectivity index (χ2v) is 4.69. The van der Waals surface area contributed by atoms with Crippen molar-refractivity contribution in [3.8, 4) is 0 Å². The van der Waals surface area contributed by atoms with Gasteiger partial charge in [-0.1, -0.05) is 25.1 Å². The van der Waals surface area contributed by atoms with E-state index in [1.807, 2.05) is 0 Å². The Hall–Kier alpha value is -0.510. The molecule has 0 radical (unpaired) electrons. The second-order valence-electron chi connectivity index (χ2n) is 3.58. The minimum absolute atomic E-state index is 0.542. The molecule has 1 aliphatic rings. The van der Waals surface area contributed by atoms with Gasteiger partial charge < -0.3 is 4.90 Å². The largest absolute Gasteiger partial charge is 0.337 e. The number of rotatable bonds is 1. The fourth-order valence-electron chi connectivity index (χ4n) is 1.94. The first-order valence-corrected chi connectivity index (χ1v) is 6.05. The van der Waals surface area contributed by atoms with Gasteiger partial charge in [0.15, 0.2) is 0 Å². The van der Waals surface area contributed by atoms with Crippen LogP contribution in [0.4, 0.5) is 5.69 Å². The van der Waals surface area contributed by atoms with Gasteiger partial charge in [0.25, 0.3) is 0 Å². The minimum Gasteiger partial charge on any atom is -0.337 e. The van der Waals surface area contributed by atoms with E-state index in [4.69, 9.17) is 0 Å². The van der Waals surface area contributed by atoms with Crippen molar-refractivity contribution in [2.24, 2.45) is 0 Å². The molecule has 0 fully saturated rings. The number of para-hydroxylation sites is 1. The molecule has 0 saturated carbocycles. The standard InChI is InChI=1S/C12H14IN/c1-3-14-11-7-5-4-6-10(11)9(2)8-12(14)13/h4-9H,3H2,1-2H3. The highest BCUT2D eigenvalue weighted by Gasteiger charge is 2.20. The van der Waals surface area contributed by atoms with E-state index in [0.29, 0.717) is 5.92 Å². The molecule has 1 heterocycles. The van der Waals surface area contributed by atoms with Crippen LogP contribution in [0.3, 0.4) is 0 Å². The number of anilines is 1. The quantitative estimate of drug-likeness (QED) is 0.561. The summed E-state index contributed by atoms with van der Waals surface area (Å²) in [4.78, 5) is 2.36. The van der Waals surface area contributed by atoms with Gasteiger partial charge >= 0.3 is 0 Å². The van der Waals surface area contributed by atoms with Gasteiger partial charge in [-0.05, 0) is 47.2 Å². The topological polar surface area (TPSA) is 3.24 Å². The first-order chi connectivity index (χ1) is 6.74. The molecule has 0 saturated heterocycles. The summed E-state index contributed by atoms with van der Waals surface area (Å²) in [6.07, 6.45) is 2.33. The van der Waals surface area contributed by atoms with Gasteiger partial charge in [0, 0.05) is 18.2 Å². The molecule has 1 nitrogen and oxygen atoms in total. The summed E-state index contributed by atoms with van der Waals surface area (Å²) in [6.45, 7) is 5.49. The van der Waals surface area contributed by atoms with Crippen LogP contribution < -0.4 is 4.90 Å². The third-order valence-electron chi connectivity index (χ3n) is 2.68. The predicted octanol–water partition coefficient (Wildman–Crippen LogP) is 3.91. The summed E-state index contributed by atoms with van der Waals surface area (Å²) in [5, 5.41) is 0. The molecular weight excluding hydrogens is 285 g/mol. The van der Waals surface area contributed by atoms with Crippen LogP contribution in [-0.4, -0.2) is 6.54 Å². The summed E-state index contributed by atoms with van der Waals surface area (Å²) in [7, 11) is 0. The lowest BCUT2D eigenvalue weighted by Crippen LogP contribution is -2.23. The molecule has 14 heavy (non-hydrogen) atoms. The van der Waals surface area contributed by atoms with Crippen molar-refractivity contribution in [3.63, 3.8) is 0 Å². The van der Waals surface area contributed by atoms with Crippen LogP contribution in [0, 0.1) is 0 Å². The van der Waals surface area contributed by atoms with Crippen molar-refractivity contribution >= 4 is 28.3 Å². The molecule has 0 aromatic heterocycles. The summed E-state index contributed by atoms with van der Waals surface area (Å²) in [5.41, 5.74) is 2.81. The lowest BCUT2D eigenvalue weighted by molar-refractivity contribution is 0.882. The molecule has 1 aromatic rings. The lowest BCUT2D eigenvalue weighted by Gasteiger charge is -2.31. The zero-order valence-electron chi connectivity index (χ0n) is 8.50. The molecule has 1 aliphatic heterocycles. The second kappa shape index (κ2) is 3.93. The van der Waals surface area contributed by atoms with Crippen molar-refractivity contribution in [1.82, 2.24) is 0 Å². The average molecular weight is 299 g/mol. The Morgan fingerprint density at radius 1 is 1.36 bits per heavy atom. The van der Waals surface area contributed by atoms with Gasteiger partial charge in [-0.2, -0.15) is 0 Å². The monoisotopic (exact) mass is 299 g/mol. The number of benzene rings is 1. The molecule has 0 bridgehead atoms. The van der Waals surface area contributed by atoms with Crippen LogP contribution in [0.15, 0.2) is 34.0 Å². The molecule has 0 N–H and O–H groups in total. The highest BCUT2D eigenvalue weighted by molar-refractivity contribution is 14.1. The molecule has 1 atom stereocenters. The molecule has 1 unspecified atom stereocenters. The summed E-state index contributed by atoms with van der Waals surface area (Å²) >= 11 is 2.42. The zero-order chi connectivity index (χ0) is 10.1. The molecule has 0 amide bonds. The van der Waals surface area contributed by atoms with Gasteiger partial charge in [-0.25, -0.2) is 0 Å². The number of fused-ring (bicyclic) bond motifs is 1. The number of hydrogen-bond acceptors (Lipinski definition) is 1. The third-order valence-corrected chi connectivity index (χ3v) is 3.62. The third kappa shape index (κ3) is 1.56. The first kappa shape index (κ1) is 10.0. The molecular formula is C12H14IN. The van der Waals surface area contributed by atoms with Gasteiger partial charge in [0.2, 0.25) is 0 Å². The van der Waals surface area contributed by atoms with E-state index in [9.17, 15) is 0 Å². The Bertz CT molecular complexity index is 370. The smallest absolute Gasteiger partial charge is 0.0767 e. The minimum atomic E-state index is 0.542. The maximum Gasteiger partial charge on any atom is 0.0767 e. The predicted molar refractivity (Wildman–Crippen MR) is 70.0 cm³/mol. The van der Waals surface area contributed by atoms with Gasteiger partial charge in [-0.15, -0.1) is 0 Å². The van der Waals surface area contributed by atoms with Crippen molar-refractivity contribution in [1.29, 1.82) is 0 Å². The van der Waals surface area contributed by atoms with Crippen molar-refractivity contribution in [3.05, 3.63) is 39.6 Å². The van der Waals surface area contributed by atoms with Crippen LogP contribution in [0.2, 0.25) is 0 Å². The normalized spacial score (nSPS) is 20.4. The lowest BCUT2D eigenvalue weighted by atomic mass is 9.96. The van der Waals surface area contributed by atoms with E-state index in [1.54, 1.807) is 0 Å². The number of allylic oxidation sites excluding steroid dienone is 1.